The normalized spacial score (nSPS) is 20.2. The van der Waals surface area contributed by atoms with Gasteiger partial charge in [-0.1, -0.05) is 6.07 Å². The fourth-order valence-electron chi connectivity index (χ4n) is 6.97. The van der Waals surface area contributed by atoms with E-state index < -0.39 is 6.10 Å². The average molecular weight is 618 g/mol. The molecule has 1 unspecified atom stereocenters. The zero-order chi connectivity index (χ0) is 30.4. The van der Waals surface area contributed by atoms with E-state index in [1.54, 1.807) is 23.6 Å². The first kappa shape index (κ1) is 28.9. The van der Waals surface area contributed by atoms with Gasteiger partial charge in [-0.15, -0.1) is 11.3 Å². The topological polar surface area (TPSA) is 119 Å². The maximum Gasteiger partial charge on any atom is 0.247 e. The molecule has 0 aliphatic carbocycles. The van der Waals surface area contributed by atoms with E-state index in [4.69, 9.17) is 19.7 Å². The lowest BCUT2D eigenvalue weighted by molar-refractivity contribution is 0.111. The molecule has 3 fully saturated rings. The minimum atomic E-state index is -0.443. The summed E-state index contributed by atoms with van der Waals surface area (Å²) >= 11 is 1.17. The number of aromatic nitrogens is 4. The second-order valence-electron chi connectivity index (χ2n) is 12.3. The van der Waals surface area contributed by atoms with E-state index in [9.17, 15) is 10.4 Å². The van der Waals surface area contributed by atoms with Crippen LogP contribution in [-0.4, -0.2) is 99.3 Å². The summed E-state index contributed by atoms with van der Waals surface area (Å²) in [6.07, 6.45) is 9.05. The molecule has 3 saturated heterocycles. The summed E-state index contributed by atoms with van der Waals surface area (Å²) in [7, 11) is 3.68. The fraction of sp³-hybridized carbons (Fsp3) is 0.516. The first-order valence-corrected chi connectivity index (χ1v) is 16.1. The number of rotatable bonds is 8. The molecule has 6 heterocycles. The maximum absolute atomic E-state index is 15.0. The van der Waals surface area contributed by atoms with Crippen LogP contribution in [0.1, 0.15) is 49.7 Å². The van der Waals surface area contributed by atoms with Crippen molar-refractivity contribution < 1.29 is 14.2 Å². The third kappa shape index (κ3) is 5.14. The van der Waals surface area contributed by atoms with E-state index >= 15 is 4.39 Å². The van der Waals surface area contributed by atoms with Crippen molar-refractivity contribution in [2.75, 3.05) is 51.8 Å². The van der Waals surface area contributed by atoms with Crippen LogP contribution in [0.15, 0.2) is 23.5 Å². The highest BCUT2D eigenvalue weighted by molar-refractivity contribution is 7.23. The lowest BCUT2D eigenvalue weighted by atomic mass is 9.95. The first-order chi connectivity index (χ1) is 21.3. The predicted octanol–water partition coefficient (Wildman–Crippen LogP) is 4.29. The molecular weight excluding hydrogens is 581 g/mol. The Morgan fingerprint density at radius 2 is 2.05 bits per heavy atom. The Balaban J connectivity index is 1.29. The lowest BCUT2D eigenvalue weighted by Gasteiger charge is -2.32. The van der Waals surface area contributed by atoms with Gasteiger partial charge in [0.1, 0.15) is 23.5 Å². The highest BCUT2D eigenvalue weighted by atomic mass is 32.1. The number of anilines is 1. The number of halogens is 1. The minimum absolute atomic E-state index is 0.0421. The Bertz CT molecular complexity index is 1770. The summed E-state index contributed by atoms with van der Waals surface area (Å²) in [5.74, 6) is 0.552. The van der Waals surface area contributed by atoms with Gasteiger partial charge in [-0.3, -0.25) is 4.90 Å². The first-order valence-electron chi connectivity index (χ1n) is 15.2. The predicted molar refractivity (Wildman–Crippen MR) is 168 cm³/mol. The summed E-state index contributed by atoms with van der Waals surface area (Å²) in [5, 5.41) is 21.5. The fourth-order valence-corrected chi connectivity index (χ4v) is 8.01. The maximum atomic E-state index is 15.0. The van der Waals surface area contributed by atoms with Gasteiger partial charge in [-0.25, -0.2) is 14.4 Å². The number of nitrogens with zero attached hydrogens (tertiary/aromatic N) is 9. The minimum Gasteiger partial charge on any atom is -0.474 e. The molecular formula is C31H36FN9O2S. The third-order valence-corrected chi connectivity index (χ3v) is 10.2. The van der Waals surface area contributed by atoms with Crippen LogP contribution >= 0.6 is 11.3 Å². The zero-order valence-corrected chi connectivity index (χ0v) is 25.9. The number of benzene rings is 1. The average Bonchev–Trinajstić information content (AvgIpc) is 3.78. The van der Waals surface area contributed by atoms with Crippen molar-refractivity contribution in [2.24, 2.45) is 4.99 Å². The Morgan fingerprint density at radius 3 is 2.80 bits per heavy atom. The summed E-state index contributed by atoms with van der Waals surface area (Å²) < 4.78 is 23.9. The van der Waals surface area contributed by atoms with Crippen molar-refractivity contribution in [1.82, 2.24) is 29.3 Å². The molecule has 230 valence electrons. The molecule has 0 radical (unpaired) electrons. The van der Waals surface area contributed by atoms with Crippen LogP contribution in [0.2, 0.25) is 0 Å². The number of nitriles is 1. The van der Waals surface area contributed by atoms with Gasteiger partial charge in [-0.05, 0) is 63.2 Å². The van der Waals surface area contributed by atoms with Crippen molar-refractivity contribution in [1.29, 1.82) is 5.26 Å². The molecule has 0 spiro atoms. The van der Waals surface area contributed by atoms with Crippen LogP contribution in [0.4, 0.5) is 15.3 Å². The number of β-amino-alcohol motifs (C(OH)–C–C–N with tert-alkyl or cyclic N) is 1. The molecule has 3 aliphatic rings. The SMILES string of the molecule is CN(C)/C=N/c1sc2c(F)ccc(Cn3cnc4c(OCC56CCCN5CCC6)nc(N5CCCC(O)C5)nc43)c2c1C#N. The van der Waals surface area contributed by atoms with E-state index in [1.165, 1.54) is 30.2 Å². The van der Waals surface area contributed by atoms with Gasteiger partial charge in [0.2, 0.25) is 11.8 Å². The summed E-state index contributed by atoms with van der Waals surface area (Å²) in [6, 6.07) is 5.41. The molecule has 3 aromatic heterocycles. The number of aliphatic hydroxyl groups is 1. The second kappa shape index (κ2) is 11.6. The second-order valence-corrected chi connectivity index (χ2v) is 13.3. The molecule has 11 nitrogen and oxygen atoms in total. The van der Waals surface area contributed by atoms with Crippen LogP contribution in [0.3, 0.4) is 0 Å². The van der Waals surface area contributed by atoms with Crippen LogP contribution in [0.5, 0.6) is 5.88 Å². The number of piperidine rings is 1. The van der Waals surface area contributed by atoms with Crippen LogP contribution in [0.25, 0.3) is 21.3 Å². The van der Waals surface area contributed by atoms with Crippen molar-refractivity contribution in [3.8, 4) is 11.9 Å². The number of aliphatic imine (C=N–C) groups is 1. The molecule has 1 aromatic carbocycles. The molecule has 1 atom stereocenters. The quantitative estimate of drug-likeness (QED) is 0.228. The summed E-state index contributed by atoms with van der Waals surface area (Å²) in [4.78, 5) is 25.3. The Morgan fingerprint density at radius 1 is 1.23 bits per heavy atom. The molecule has 3 aliphatic heterocycles. The molecule has 7 rings (SSSR count). The number of ether oxygens (including phenoxy) is 1. The molecule has 0 bridgehead atoms. The van der Waals surface area contributed by atoms with E-state index in [-0.39, 0.29) is 11.4 Å². The number of hydrogen-bond donors (Lipinski definition) is 1. The Kier molecular flexibility index (Phi) is 7.60. The molecule has 4 aromatic rings. The van der Waals surface area contributed by atoms with Gasteiger partial charge in [0.05, 0.1) is 41.1 Å². The number of imidazole rings is 1. The molecule has 44 heavy (non-hydrogen) atoms. The van der Waals surface area contributed by atoms with Crippen molar-refractivity contribution >= 4 is 49.9 Å². The summed E-state index contributed by atoms with van der Waals surface area (Å²) in [6.45, 7) is 4.26. The van der Waals surface area contributed by atoms with Crippen molar-refractivity contribution in [2.45, 2.75) is 56.7 Å². The number of hydrogen-bond acceptors (Lipinski definition) is 10. The molecule has 0 amide bonds. The van der Waals surface area contributed by atoms with E-state index in [0.717, 1.165) is 50.9 Å². The molecule has 13 heteroatoms. The highest BCUT2D eigenvalue weighted by Crippen LogP contribution is 2.42. The van der Waals surface area contributed by atoms with Gasteiger partial charge in [0, 0.05) is 32.6 Å². The van der Waals surface area contributed by atoms with Crippen LogP contribution in [-0.2, 0) is 6.54 Å². The number of fused-ring (bicyclic) bond motifs is 3. The summed E-state index contributed by atoms with van der Waals surface area (Å²) in [5.41, 5.74) is 2.31. The van der Waals surface area contributed by atoms with Gasteiger partial charge in [-0.2, -0.15) is 15.2 Å². The van der Waals surface area contributed by atoms with E-state index in [2.05, 4.69) is 16.0 Å². The number of aliphatic hydroxyl groups excluding tert-OH is 1. The Labute approximate surface area is 259 Å². The Hall–Kier alpha value is -3.86. The zero-order valence-electron chi connectivity index (χ0n) is 25.0. The van der Waals surface area contributed by atoms with Gasteiger partial charge < -0.3 is 24.2 Å². The molecule has 0 saturated carbocycles. The van der Waals surface area contributed by atoms with Gasteiger partial charge in [0.15, 0.2) is 11.2 Å². The highest BCUT2D eigenvalue weighted by Gasteiger charge is 2.45. The largest absolute Gasteiger partial charge is 0.474 e. The molecule has 1 N–H and O–H groups in total. The van der Waals surface area contributed by atoms with E-state index in [1.807, 2.05) is 23.6 Å². The van der Waals surface area contributed by atoms with Crippen LogP contribution < -0.4 is 9.64 Å². The van der Waals surface area contributed by atoms with Crippen molar-refractivity contribution in [3.05, 3.63) is 35.4 Å². The van der Waals surface area contributed by atoms with Crippen molar-refractivity contribution in [3.63, 3.8) is 0 Å². The lowest BCUT2D eigenvalue weighted by Crippen LogP contribution is -2.43. The monoisotopic (exact) mass is 617 g/mol. The van der Waals surface area contributed by atoms with Crippen LogP contribution in [0, 0.1) is 17.1 Å². The number of thiophene rings is 1. The van der Waals surface area contributed by atoms with E-state index in [0.29, 0.717) is 63.3 Å². The standard InChI is InChI=1S/C31H36FN9O2S/c1-38(2)18-35-29-22(14-33)24-20(7-8-23(32)26(24)44-29)15-40-19-34-25-27(40)36-30(39-11-3-6-21(42)16-39)37-28(25)43-17-31-9-4-12-41(31)13-5-10-31/h7-8,18-19,21,42H,3-6,9-13,15-17H2,1-2H3/b35-18+. The smallest absolute Gasteiger partial charge is 0.247 e. The van der Waals surface area contributed by atoms with Gasteiger partial charge >= 0.3 is 0 Å². The third-order valence-electron chi connectivity index (χ3n) is 9.11. The van der Waals surface area contributed by atoms with Gasteiger partial charge in [0.25, 0.3) is 0 Å².